The normalized spacial score (nSPS) is 16.3. The van der Waals surface area contributed by atoms with Crippen LogP contribution >= 0.6 is 11.6 Å². The molecule has 1 atom stereocenters. The highest BCUT2D eigenvalue weighted by Crippen LogP contribution is 2.26. The minimum atomic E-state index is -4.04. The second-order valence-electron chi connectivity index (χ2n) is 6.28. The van der Waals surface area contributed by atoms with E-state index in [1.807, 2.05) is 0 Å². The van der Waals surface area contributed by atoms with Gasteiger partial charge in [0.2, 0.25) is 0 Å². The van der Waals surface area contributed by atoms with Gasteiger partial charge in [-0.05, 0) is 38.0 Å². The SMILES string of the molecule is CON(C)S(=O)(=O)c1cc(C(=O)O[C@H](C)C(=O)NC2CCCC2)ccc1Cl. The first-order valence-electron chi connectivity index (χ1n) is 8.50. The second-order valence-corrected chi connectivity index (χ2v) is 8.59. The first-order valence-corrected chi connectivity index (χ1v) is 10.3. The average molecular weight is 419 g/mol. The molecule has 0 bridgehead atoms. The van der Waals surface area contributed by atoms with Crippen LogP contribution < -0.4 is 5.32 Å². The van der Waals surface area contributed by atoms with E-state index >= 15 is 0 Å². The average Bonchev–Trinajstić information content (AvgIpc) is 3.13. The molecule has 1 fully saturated rings. The standard InChI is InChI=1S/C17H23ClN2O6S/c1-11(16(21)19-13-6-4-5-7-13)26-17(22)12-8-9-14(18)15(10-12)27(23,24)20(2)25-3/h8-11,13H,4-7H2,1-3H3,(H,19,21)/t11-/m1/s1. The molecule has 10 heteroatoms. The predicted octanol–water partition coefficient (Wildman–Crippen LogP) is 2.13. The van der Waals surface area contributed by atoms with Crippen molar-refractivity contribution in [3.63, 3.8) is 0 Å². The molecule has 150 valence electrons. The second kappa shape index (κ2) is 9.01. The number of carbonyl (C=O) groups excluding carboxylic acids is 2. The van der Waals surface area contributed by atoms with Crippen LogP contribution in [0.1, 0.15) is 43.0 Å². The highest BCUT2D eigenvalue weighted by molar-refractivity contribution is 7.89. The highest BCUT2D eigenvalue weighted by atomic mass is 35.5. The van der Waals surface area contributed by atoms with E-state index in [-0.39, 0.29) is 27.4 Å². The van der Waals surface area contributed by atoms with Crippen molar-refractivity contribution in [2.75, 3.05) is 14.2 Å². The van der Waals surface area contributed by atoms with E-state index in [1.165, 1.54) is 33.2 Å². The molecule has 8 nitrogen and oxygen atoms in total. The summed E-state index contributed by atoms with van der Waals surface area (Å²) in [5.41, 5.74) is -0.0389. The van der Waals surface area contributed by atoms with Crippen molar-refractivity contribution in [2.45, 2.75) is 49.6 Å². The van der Waals surface area contributed by atoms with E-state index in [2.05, 4.69) is 5.32 Å². The van der Waals surface area contributed by atoms with Crippen molar-refractivity contribution in [1.29, 1.82) is 0 Å². The fourth-order valence-corrected chi connectivity index (χ4v) is 4.21. The molecular weight excluding hydrogens is 396 g/mol. The number of carbonyl (C=O) groups is 2. The molecule has 0 radical (unpaired) electrons. The van der Waals surface area contributed by atoms with Gasteiger partial charge in [0.05, 0.1) is 17.7 Å². The summed E-state index contributed by atoms with van der Waals surface area (Å²) in [6.07, 6.45) is 2.96. The molecule has 0 aliphatic heterocycles. The number of nitrogens with one attached hydrogen (secondary N) is 1. The van der Waals surface area contributed by atoms with Gasteiger partial charge in [0, 0.05) is 13.1 Å². The number of hydrogen-bond donors (Lipinski definition) is 1. The molecule has 1 amide bonds. The smallest absolute Gasteiger partial charge is 0.338 e. The Bertz CT molecular complexity index is 808. The van der Waals surface area contributed by atoms with Crippen LogP contribution in [0.2, 0.25) is 5.02 Å². The van der Waals surface area contributed by atoms with Crippen LogP contribution in [-0.2, 0) is 24.4 Å². The molecule has 0 spiro atoms. The zero-order valence-corrected chi connectivity index (χ0v) is 17.0. The third-order valence-electron chi connectivity index (χ3n) is 4.40. The predicted molar refractivity (Wildman–Crippen MR) is 98.7 cm³/mol. The molecule has 0 saturated heterocycles. The van der Waals surface area contributed by atoms with E-state index in [0.717, 1.165) is 31.7 Å². The topological polar surface area (TPSA) is 102 Å². The number of benzene rings is 1. The highest BCUT2D eigenvalue weighted by Gasteiger charge is 2.27. The Balaban J connectivity index is 2.12. The number of halogens is 1. The molecule has 0 unspecified atom stereocenters. The van der Waals surface area contributed by atoms with E-state index < -0.39 is 22.1 Å². The maximum atomic E-state index is 12.4. The van der Waals surface area contributed by atoms with Crippen LogP contribution in [0.4, 0.5) is 0 Å². The number of nitrogens with zero attached hydrogens (tertiary/aromatic N) is 1. The molecule has 1 aliphatic rings. The Labute approximate surface area is 163 Å². The lowest BCUT2D eigenvalue weighted by Crippen LogP contribution is -2.40. The Kier molecular flexibility index (Phi) is 7.21. The number of amides is 1. The third-order valence-corrected chi connectivity index (χ3v) is 6.56. The summed E-state index contributed by atoms with van der Waals surface area (Å²) >= 11 is 5.96. The first-order chi connectivity index (χ1) is 12.7. The van der Waals surface area contributed by atoms with Crippen LogP contribution in [0.3, 0.4) is 0 Å². The van der Waals surface area contributed by atoms with Crippen molar-refractivity contribution < 1.29 is 27.6 Å². The summed E-state index contributed by atoms with van der Waals surface area (Å²) in [6.45, 7) is 1.47. The lowest BCUT2D eigenvalue weighted by molar-refractivity contribution is -0.129. The molecular formula is C17H23ClN2O6S. The van der Waals surface area contributed by atoms with Gasteiger partial charge in [-0.3, -0.25) is 9.63 Å². The van der Waals surface area contributed by atoms with Gasteiger partial charge in [-0.1, -0.05) is 28.9 Å². The first kappa shape index (κ1) is 21.6. The molecule has 0 aromatic heterocycles. The summed E-state index contributed by atoms with van der Waals surface area (Å²) in [5.74, 6) is -1.20. The van der Waals surface area contributed by atoms with Crippen LogP contribution in [0.5, 0.6) is 0 Å². The van der Waals surface area contributed by atoms with Crippen molar-refractivity contribution >= 4 is 33.5 Å². The number of esters is 1. The molecule has 1 saturated carbocycles. The third kappa shape index (κ3) is 5.19. The molecule has 1 aromatic rings. The maximum Gasteiger partial charge on any atom is 0.338 e. The van der Waals surface area contributed by atoms with Crippen molar-refractivity contribution in [1.82, 2.24) is 9.79 Å². The summed E-state index contributed by atoms with van der Waals surface area (Å²) in [5, 5.41) is 2.78. The quantitative estimate of drug-likeness (QED) is 0.537. The number of rotatable bonds is 7. The van der Waals surface area contributed by atoms with E-state index in [4.69, 9.17) is 21.2 Å². The lowest BCUT2D eigenvalue weighted by atomic mass is 10.2. The van der Waals surface area contributed by atoms with Gasteiger partial charge in [-0.2, -0.15) is 0 Å². The number of ether oxygens (including phenoxy) is 1. The minimum Gasteiger partial charge on any atom is -0.449 e. The Morgan fingerprint density at radius 2 is 1.93 bits per heavy atom. The Hall–Kier alpha value is -1.68. The molecule has 0 heterocycles. The Morgan fingerprint density at radius 1 is 1.30 bits per heavy atom. The van der Waals surface area contributed by atoms with Gasteiger partial charge in [0.25, 0.3) is 15.9 Å². The van der Waals surface area contributed by atoms with Crippen molar-refractivity contribution in [3.8, 4) is 0 Å². The molecule has 2 rings (SSSR count). The molecule has 1 N–H and O–H groups in total. The van der Waals surface area contributed by atoms with Crippen LogP contribution in [0, 0.1) is 0 Å². The van der Waals surface area contributed by atoms with Crippen molar-refractivity contribution in [2.24, 2.45) is 0 Å². The largest absolute Gasteiger partial charge is 0.449 e. The zero-order chi connectivity index (χ0) is 20.2. The van der Waals surface area contributed by atoms with E-state index in [1.54, 1.807) is 0 Å². The number of hydroxylamine groups is 1. The van der Waals surface area contributed by atoms with Crippen LogP contribution in [0.15, 0.2) is 23.1 Å². The maximum absolute atomic E-state index is 12.4. The van der Waals surface area contributed by atoms with E-state index in [0.29, 0.717) is 4.47 Å². The van der Waals surface area contributed by atoms with Crippen LogP contribution in [0.25, 0.3) is 0 Å². The van der Waals surface area contributed by atoms with Crippen molar-refractivity contribution in [3.05, 3.63) is 28.8 Å². The number of sulfonamides is 1. The zero-order valence-electron chi connectivity index (χ0n) is 15.4. The van der Waals surface area contributed by atoms with Gasteiger partial charge < -0.3 is 10.1 Å². The lowest BCUT2D eigenvalue weighted by Gasteiger charge is -2.18. The van der Waals surface area contributed by atoms with Gasteiger partial charge in [0.15, 0.2) is 6.10 Å². The molecule has 27 heavy (non-hydrogen) atoms. The van der Waals surface area contributed by atoms with E-state index in [9.17, 15) is 18.0 Å². The monoisotopic (exact) mass is 418 g/mol. The van der Waals surface area contributed by atoms with Gasteiger partial charge in [-0.15, -0.1) is 0 Å². The molecule has 1 aromatic carbocycles. The Morgan fingerprint density at radius 3 is 2.52 bits per heavy atom. The van der Waals surface area contributed by atoms with Gasteiger partial charge in [0.1, 0.15) is 4.90 Å². The van der Waals surface area contributed by atoms with Crippen LogP contribution in [-0.4, -0.2) is 51.1 Å². The fourth-order valence-electron chi connectivity index (χ4n) is 2.74. The fraction of sp³-hybridized carbons (Fsp3) is 0.529. The molecule has 1 aliphatic carbocycles. The minimum absolute atomic E-state index is 0.0389. The number of hydrogen-bond acceptors (Lipinski definition) is 6. The summed E-state index contributed by atoms with van der Waals surface area (Å²) in [7, 11) is -1.65. The van der Waals surface area contributed by atoms with Gasteiger partial charge >= 0.3 is 5.97 Å². The van der Waals surface area contributed by atoms with Gasteiger partial charge in [-0.25, -0.2) is 13.2 Å². The summed E-state index contributed by atoms with van der Waals surface area (Å²) in [4.78, 5) is 28.9. The summed E-state index contributed by atoms with van der Waals surface area (Å²) < 4.78 is 30.6. The summed E-state index contributed by atoms with van der Waals surface area (Å²) in [6, 6.07) is 3.81.